The molecule has 4 N–H and O–H groups in total. The van der Waals surface area contributed by atoms with Crippen molar-refractivity contribution in [2.75, 3.05) is 30.8 Å². The predicted molar refractivity (Wildman–Crippen MR) is 73.0 cm³/mol. The molecule has 8 heteroatoms. The van der Waals surface area contributed by atoms with Crippen molar-refractivity contribution < 1.29 is 4.79 Å². The van der Waals surface area contributed by atoms with Gasteiger partial charge in [0.2, 0.25) is 11.9 Å². The number of nitrogens with one attached hydrogen (secondary N) is 4. The molecule has 0 aliphatic rings. The molecule has 0 atom stereocenters. The summed E-state index contributed by atoms with van der Waals surface area (Å²) in [6, 6.07) is 0. The zero-order valence-electron chi connectivity index (χ0n) is 10.9. The van der Waals surface area contributed by atoms with E-state index in [9.17, 15) is 4.79 Å². The van der Waals surface area contributed by atoms with E-state index in [2.05, 4.69) is 36.1 Å². The Bertz CT molecular complexity index is 565. The number of carbonyl (C=O) groups excluding carboxylic acids is 1. The van der Waals surface area contributed by atoms with Gasteiger partial charge in [-0.25, -0.2) is 0 Å². The monoisotopic (exact) mass is 263 g/mol. The predicted octanol–water partition coefficient (Wildman–Crippen LogP) is 0.333. The number of hydrogen-bond acceptors (Lipinski definition) is 6. The summed E-state index contributed by atoms with van der Waals surface area (Å²) in [5.41, 5.74) is 0.653. The van der Waals surface area contributed by atoms with Crippen molar-refractivity contribution in [2.24, 2.45) is 0 Å². The van der Waals surface area contributed by atoms with Gasteiger partial charge in [0.25, 0.3) is 0 Å². The number of anilines is 2. The van der Waals surface area contributed by atoms with Gasteiger partial charge in [-0.05, 0) is 6.92 Å². The van der Waals surface area contributed by atoms with Gasteiger partial charge in [0.05, 0.1) is 11.6 Å². The Morgan fingerprint density at radius 1 is 1.42 bits per heavy atom. The standard InChI is InChI=1S/C11H17N7O/c1-3-13-8(19)4-5-14-9-7-6-15-18-10(7)17-11(12-2)16-9/h6H,3-5H2,1-2H3,(H,13,19)(H3,12,14,15,16,17,18). The molecule has 0 aliphatic heterocycles. The molecule has 19 heavy (non-hydrogen) atoms. The summed E-state index contributed by atoms with van der Waals surface area (Å²) in [6.45, 7) is 3.04. The summed E-state index contributed by atoms with van der Waals surface area (Å²) < 4.78 is 0. The van der Waals surface area contributed by atoms with Gasteiger partial charge < -0.3 is 16.0 Å². The van der Waals surface area contributed by atoms with Crippen molar-refractivity contribution >= 4 is 28.7 Å². The third kappa shape index (κ3) is 3.09. The van der Waals surface area contributed by atoms with Crippen LogP contribution in [-0.4, -0.2) is 46.2 Å². The average molecular weight is 263 g/mol. The number of aromatic nitrogens is 4. The number of amides is 1. The van der Waals surface area contributed by atoms with Crippen LogP contribution in [0, 0.1) is 0 Å². The van der Waals surface area contributed by atoms with E-state index in [1.54, 1.807) is 13.2 Å². The van der Waals surface area contributed by atoms with Crippen LogP contribution in [0.15, 0.2) is 6.20 Å². The van der Waals surface area contributed by atoms with Crippen LogP contribution in [0.3, 0.4) is 0 Å². The topological polar surface area (TPSA) is 108 Å². The van der Waals surface area contributed by atoms with Crippen LogP contribution in [-0.2, 0) is 4.79 Å². The summed E-state index contributed by atoms with van der Waals surface area (Å²) in [5, 5.41) is 16.3. The SMILES string of the molecule is CCNC(=O)CCNc1nc(NC)nc2[nH]ncc12. The van der Waals surface area contributed by atoms with Gasteiger partial charge in [0.15, 0.2) is 5.65 Å². The fraction of sp³-hybridized carbons (Fsp3) is 0.455. The van der Waals surface area contributed by atoms with Gasteiger partial charge in [-0.1, -0.05) is 0 Å². The number of rotatable bonds is 6. The molecule has 2 heterocycles. The highest BCUT2D eigenvalue weighted by Crippen LogP contribution is 2.19. The second-order valence-corrected chi connectivity index (χ2v) is 3.91. The van der Waals surface area contributed by atoms with Crippen LogP contribution in [0.2, 0.25) is 0 Å². The molecule has 0 saturated carbocycles. The maximum absolute atomic E-state index is 11.4. The number of carbonyl (C=O) groups is 1. The largest absolute Gasteiger partial charge is 0.369 e. The van der Waals surface area contributed by atoms with Crippen molar-refractivity contribution in [1.29, 1.82) is 0 Å². The Morgan fingerprint density at radius 2 is 2.26 bits per heavy atom. The fourth-order valence-electron chi connectivity index (χ4n) is 1.66. The number of H-pyrrole nitrogens is 1. The minimum atomic E-state index is 0.0151. The zero-order chi connectivity index (χ0) is 13.7. The van der Waals surface area contributed by atoms with Gasteiger partial charge in [-0.3, -0.25) is 9.89 Å². The molecule has 2 rings (SSSR count). The molecule has 0 radical (unpaired) electrons. The molecule has 0 aliphatic carbocycles. The lowest BCUT2D eigenvalue weighted by Gasteiger charge is -2.08. The second kappa shape index (κ2) is 5.98. The second-order valence-electron chi connectivity index (χ2n) is 3.91. The van der Waals surface area contributed by atoms with Gasteiger partial charge in [0, 0.05) is 26.6 Å². The van der Waals surface area contributed by atoms with E-state index in [-0.39, 0.29) is 5.91 Å². The lowest BCUT2D eigenvalue weighted by atomic mass is 10.3. The van der Waals surface area contributed by atoms with Crippen LogP contribution in [0.4, 0.5) is 11.8 Å². The van der Waals surface area contributed by atoms with Crippen LogP contribution in [0.5, 0.6) is 0 Å². The van der Waals surface area contributed by atoms with Gasteiger partial charge in [-0.2, -0.15) is 15.1 Å². The molecule has 0 saturated heterocycles. The third-order valence-corrected chi connectivity index (χ3v) is 2.55. The Hall–Kier alpha value is -2.38. The highest BCUT2D eigenvalue weighted by molar-refractivity contribution is 5.87. The first-order valence-corrected chi connectivity index (χ1v) is 6.14. The fourth-order valence-corrected chi connectivity index (χ4v) is 1.66. The number of fused-ring (bicyclic) bond motifs is 1. The summed E-state index contributed by atoms with van der Waals surface area (Å²) in [6.07, 6.45) is 2.05. The normalized spacial score (nSPS) is 10.4. The molecule has 1 amide bonds. The van der Waals surface area contributed by atoms with E-state index in [0.717, 1.165) is 5.39 Å². The number of hydrogen-bond donors (Lipinski definition) is 4. The maximum Gasteiger partial charge on any atom is 0.226 e. The summed E-state index contributed by atoms with van der Waals surface area (Å²) in [5.74, 6) is 1.17. The molecule has 0 fully saturated rings. The molecule has 102 valence electrons. The van der Waals surface area contributed by atoms with E-state index < -0.39 is 0 Å². The van der Waals surface area contributed by atoms with Crippen molar-refractivity contribution in [3.05, 3.63) is 6.20 Å². The van der Waals surface area contributed by atoms with Crippen molar-refractivity contribution in [1.82, 2.24) is 25.5 Å². The first-order valence-electron chi connectivity index (χ1n) is 6.14. The van der Waals surface area contributed by atoms with Crippen LogP contribution in [0.1, 0.15) is 13.3 Å². The summed E-state index contributed by atoms with van der Waals surface area (Å²) >= 11 is 0. The molecule has 0 spiro atoms. The van der Waals surface area contributed by atoms with E-state index in [1.165, 1.54) is 0 Å². The van der Waals surface area contributed by atoms with Crippen molar-refractivity contribution in [3.63, 3.8) is 0 Å². The smallest absolute Gasteiger partial charge is 0.226 e. The minimum Gasteiger partial charge on any atom is -0.369 e. The van der Waals surface area contributed by atoms with Gasteiger partial charge in [0.1, 0.15) is 5.82 Å². The lowest BCUT2D eigenvalue weighted by Crippen LogP contribution is -2.24. The lowest BCUT2D eigenvalue weighted by molar-refractivity contribution is -0.120. The summed E-state index contributed by atoms with van der Waals surface area (Å²) in [4.78, 5) is 19.9. The van der Waals surface area contributed by atoms with E-state index in [0.29, 0.717) is 36.9 Å². The van der Waals surface area contributed by atoms with Gasteiger partial charge in [-0.15, -0.1) is 0 Å². The van der Waals surface area contributed by atoms with Crippen molar-refractivity contribution in [3.8, 4) is 0 Å². The third-order valence-electron chi connectivity index (χ3n) is 2.55. The maximum atomic E-state index is 11.4. The van der Waals surface area contributed by atoms with E-state index in [4.69, 9.17) is 0 Å². The molecule has 2 aromatic heterocycles. The Kier molecular flexibility index (Phi) is 4.11. The van der Waals surface area contributed by atoms with Crippen LogP contribution >= 0.6 is 0 Å². The molecular formula is C11H17N7O. The average Bonchev–Trinajstić information content (AvgIpc) is 2.87. The Labute approximate surface area is 110 Å². The Balaban J connectivity index is 2.07. The molecule has 2 aromatic rings. The van der Waals surface area contributed by atoms with E-state index in [1.807, 2.05) is 6.92 Å². The first-order chi connectivity index (χ1) is 9.24. The minimum absolute atomic E-state index is 0.0151. The molecule has 0 aromatic carbocycles. The highest BCUT2D eigenvalue weighted by Gasteiger charge is 2.08. The summed E-state index contributed by atoms with van der Waals surface area (Å²) in [7, 11) is 1.75. The molecule has 8 nitrogen and oxygen atoms in total. The van der Waals surface area contributed by atoms with Crippen LogP contribution in [0.25, 0.3) is 11.0 Å². The number of aromatic amines is 1. The zero-order valence-corrected chi connectivity index (χ0v) is 10.9. The quantitative estimate of drug-likeness (QED) is 0.598. The Morgan fingerprint density at radius 3 is 3.00 bits per heavy atom. The highest BCUT2D eigenvalue weighted by atomic mass is 16.1. The molecule has 0 unspecified atom stereocenters. The van der Waals surface area contributed by atoms with Crippen molar-refractivity contribution in [2.45, 2.75) is 13.3 Å². The van der Waals surface area contributed by atoms with E-state index >= 15 is 0 Å². The molecular weight excluding hydrogens is 246 g/mol. The van der Waals surface area contributed by atoms with Crippen LogP contribution < -0.4 is 16.0 Å². The first kappa shape index (κ1) is 13.1. The molecule has 0 bridgehead atoms. The van der Waals surface area contributed by atoms with Gasteiger partial charge >= 0.3 is 0 Å². The number of nitrogens with zero attached hydrogens (tertiary/aromatic N) is 3.